The molecule has 2 N–H and O–H groups in total. The summed E-state index contributed by atoms with van der Waals surface area (Å²) in [6.07, 6.45) is 5.17. The highest BCUT2D eigenvalue weighted by molar-refractivity contribution is 7.89. The molecule has 1 saturated carbocycles. The van der Waals surface area contributed by atoms with E-state index in [0.29, 0.717) is 18.1 Å². The largest absolute Gasteiger partial charge is 0.497 e. The van der Waals surface area contributed by atoms with E-state index >= 15 is 0 Å². The zero-order valence-electron chi connectivity index (χ0n) is 12.3. The molecule has 5 nitrogen and oxygen atoms in total. The Bertz CT molecular complexity index is 535. The summed E-state index contributed by atoms with van der Waals surface area (Å²) in [7, 11) is -2.17. The second kappa shape index (κ2) is 7.24. The fourth-order valence-electron chi connectivity index (χ4n) is 2.79. The molecule has 0 spiro atoms. The number of benzene rings is 1. The number of hydrogen-bond donors (Lipinski definition) is 2. The first-order chi connectivity index (χ1) is 10.0. The molecule has 1 aromatic rings. The minimum atomic E-state index is -3.69. The van der Waals surface area contributed by atoms with Crippen LogP contribution in [0.5, 0.6) is 5.75 Å². The van der Waals surface area contributed by atoms with Gasteiger partial charge >= 0.3 is 0 Å². The van der Waals surface area contributed by atoms with E-state index in [2.05, 4.69) is 4.72 Å². The minimum absolute atomic E-state index is 0.131. The maximum Gasteiger partial charge on any atom is 0.242 e. The molecule has 0 heterocycles. The van der Waals surface area contributed by atoms with Gasteiger partial charge in [0.1, 0.15) is 12.0 Å². The van der Waals surface area contributed by atoms with E-state index in [1.54, 1.807) is 12.1 Å². The highest BCUT2D eigenvalue weighted by atomic mass is 32.2. The van der Waals surface area contributed by atoms with Crippen LogP contribution in [-0.4, -0.2) is 26.9 Å². The topological polar surface area (TPSA) is 75.6 Å². The Kier molecular flexibility index (Phi) is 5.61. The number of methoxy groups -OCH3 is 1. The molecule has 1 aliphatic carbocycles. The maximum absolute atomic E-state index is 12.2. The van der Waals surface area contributed by atoms with Crippen molar-refractivity contribution in [3.05, 3.63) is 24.3 Å². The van der Waals surface area contributed by atoms with Crippen LogP contribution in [0.4, 0.5) is 0 Å². The maximum atomic E-state index is 12.2. The van der Waals surface area contributed by atoms with Gasteiger partial charge in [-0.1, -0.05) is 32.1 Å². The first kappa shape index (κ1) is 16.3. The fraction of sp³-hybridized carbons (Fsp3) is 0.600. The van der Waals surface area contributed by atoms with Gasteiger partial charge in [0.05, 0.1) is 12.0 Å². The van der Waals surface area contributed by atoms with Gasteiger partial charge in [-0.2, -0.15) is 4.72 Å². The third-order valence-corrected chi connectivity index (χ3v) is 5.42. The average Bonchev–Trinajstić information content (AvgIpc) is 2.47. The smallest absolute Gasteiger partial charge is 0.242 e. The number of nitrogens with one attached hydrogen (secondary N) is 1. The Morgan fingerprint density at radius 3 is 2.43 bits per heavy atom. The molecule has 0 radical (unpaired) electrons. The van der Waals surface area contributed by atoms with Gasteiger partial charge in [-0.15, -0.1) is 0 Å². The van der Waals surface area contributed by atoms with Crippen LogP contribution in [0.25, 0.3) is 0 Å². The molecule has 1 atom stereocenters. The standard InChI is InChI=1S/C15H23NO4S/c1-20-13-7-9-14(10-8-13)21(18,19)16-15(17)11-12-5-3-2-4-6-12/h7-10,12,15-17H,2-6,11H2,1H3. The summed E-state index contributed by atoms with van der Waals surface area (Å²) in [5, 5.41) is 9.98. The number of aliphatic hydroxyl groups is 1. The summed E-state index contributed by atoms with van der Waals surface area (Å²) in [5.74, 6) is 1.00. The molecule has 0 aliphatic heterocycles. The first-order valence-corrected chi connectivity index (χ1v) is 8.84. The van der Waals surface area contributed by atoms with Gasteiger partial charge in [0.2, 0.25) is 10.0 Å². The third kappa shape index (κ3) is 4.69. The van der Waals surface area contributed by atoms with E-state index in [1.165, 1.54) is 38.5 Å². The lowest BCUT2D eigenvalue weighted by Gasteiger charge is -2.24. The predicted molar refractivity (Wildman–Crippen MR) is 80.5 cm³/mol. The quantitative estimate of drug-likeness (QED) is 0.790. The van der Waals surface area contributed by atoms with Crippen molar-refractivity contribution >= 4 is 10.0 Å². The second-order valence-electron chi connectivity index (χ2n) is 5.55. The van der Waals surface area contributed by atoms with Crippen LogP contribution in [0.1, 0.15) is 38.5 Å². The van der Waals surface area contributed by atoms with Crippen LogP contribution < -0.4 is 9.46 Å². The molecule has 0 amide bonds. The highest BCUT2D eigenvalue weighted by Gasteiger charge is 2.22. The van der Waals surface area contributed by atoms with Crippen molar-refractivity contribution in [1.82, 2.24) is 4.72 Å². The molecule has 6 heteroatoms. The van der Waals surface area contributed by atoms with Crippen LogP contribution in [0.2, 0.25) is 0 Å². The van der Waals surface area contributed by atoms with Crippen LogP contribution >= 0.6 is 0 Å². The molecule has 0 aromatic heterocycles. The Hall–Kier alpha value is -1.11. The van der Waals surface area contributed by atoms with Crippen molar-refractivity contribution in [3.8, 4) is 5.75 Å². The van der Waals surface area contributed by atoms with Gasteiger partial charge in [0, 0.05) is 0 Å². The Balaban J connectivity index is 1.95. The van der Waals surface area contributed by atoms with E-state index in [0.717, 1.165) is 12.8 Å². The number of rotatable bonds is 6. The van der Waals surface area contributed by atoms with E-state index in [1.807, 2.05) is 0 Å². The molecule has 1 aromatic carbocycles. The van der Waals surface area contributed by atoms with E-state index in [9.17, 15) is 13.5 Å². The normalized spacial score (nSPS) is 18.4. The first-order valence-electron chi connectivity index (χ1n) is 7.36. The van der Waals surface area contributed by atoms with Gasteiger partial charge < -0.3 is 9.84 Å². The van der Waals surface area contributed by atoms with Crippen molar-refractivity contribution in [2.24, 2.45) is 5.92 Å². The molecule has 1 aliphatic rings. The molecule has 118 valence electrons. The molecule has 1 unspecified atom stereocenters. The molecule has 0 bridgehead atoms. The van der Waals surface area contributed by atoms with Crippen LogP contribution in [-0.2, 0) is 10.0 Å². The number of sulfonamides is 1. The summed E-state index contributed by atoms with van der Waals surface area (Å²) in [6, 6.07) is 6.10. The fourth-order valence-corrected chi connectivity index (χ4v) is 3.87. The van der Waals surface area contributed by atoms with Crippen LogP contribution in [0, 0.1) is 5.92 Å². The highest BCUT2D eigenvalue weighted by Crippen LogP contribution is 2.27. The van der Waals surface area contributed by atoms with E-state index in [4.69, 9.17) is 4.74 Å². The average molecular weight is 313 g/mol. The summed E-state index contributed by atoms with van der Waals surface area (Å²) in [6.45, 7) is 0. The molecule has 21 heavy (non-hydrogen) atoms. The Morgan fingerprint density at radius 2 is 1.86 bits per heavy atom. The van der Waals surface area contributed by atoms with Crippen molar-refractivity contribution in [3.63, 3.8) is 0 Å². The zero-order valence-corrected chi connectivity index (χ0v) is 13.1. The Labute approximate surface area is 126 Å². The number of aliphatic hydroxyl groups excluding tert-OH is 1. The summed E-state index contributed by atoms with van der Waals surface area (Å²) in [4.78, 5) is 0.131. The van der Waals surface area contributed by atoms with E-state index in [-0.39, 0.29) is 4.90 Å². The summed E-state index contributed by atoms with van der Waals surface area (Å²) < 4.78 is 31.7. The van der Waals surface area contributed by atoms with Crippen LogP contribution in [0.15, 0.2) is 29.2 Å². The lowest BCUT2D eigenvalue weighted by atomic mass is 9.87. The lowest BCUT2D eigenvalue weighted by Crippen LogP contribution is -2.36. The number of hydrogen-bond acceptors (Lipinski definition) is 4. The number of ether oxygens (including phenoxy) is 1. The van der Waals surface area contributed by atoms with Gasteiger partial charge in [0.15, 0.2) is 0 Å². The van der Waals surface area contributed by atoms with Gasteiger partial charge in [-0.25, -0.2) is 8.42 Å². The second-order valence-corrected chi connectivity index (χ2v) is 7.27. The minimum Gasteiger partial charge on any atom is -0.497 e. The molecule has 1 fully saturated rings. The van der Waals surface area contributed by atoms with Crippen molar-refractivity contribution in [2.45, 2.75) is 49.6 Å². The predicted octanol–water partition coefficient (Wildman–Crippen LogP) is 2.26. The van der Waals surface area contributed by atoms with Gasteiger partial charge in [-0.3, -0.25) is 0 Å². The lowest BCUT2D eigenvalue weighted by molar-refractivity contribution is 0.120. The summed E-state index contributed by atoms with van der Waals surface area (Å²) in [5.41, 5.74) is 0. The van der Waals surface area contributed by atoms with Gasteiger partial charge in [0.25, 0.3) is 0 Å². The zero-order chi connectivity index (χ0) is 15.3. The molecular weight excluding hydrogens is 290 g/mol. The molecular formula is C15H23NO4S. The molecule has 2 rings (SSSR count). The summed E-state index contributed by atoms with van der Waals surface area (Å²) >= 11 is 0. The van der Waals surface area contributed by atoms with Crippen molar-refractivity contribution < 1.29 is 18.3 Å². The van der Waals surface area contributed by atoms with Crippen molar-refractivity contribution in [2.75, 3.05) is 7.11 Å². The van der Waals surface area contributed by atoms with E-state index < -0.39 is 16.3 Å². The van der Waals surface area contributed by atoms with Crippen molar-refractivity contribution in [1.29, 1.82) is 0 Å². The monoisotopic (exact) mass is 313 g/mol. The Morgan fingerprint density at radius 1 is 1.24 bits per heavy atom. The van der Waals surface area contributed by atoms with Gasteiger partial charge in [-0.05, 0) is 36.6 Å². The third-order valence-electron chi connectivity index (χ3n) is 3.94. The van der Waals surface area contributed by atoms with Crippen LogP contribution in [0.3, 0.4) is 0 Å². The molecule has 0 saturated heterocycles. The SMILES string of the molecule is COc1ccc(S(=O)(=O)NC(O)CC2CCCCC2)cc1.